The summed E-state index contributed by atoms with van der Waals surface area (Å²) in [5, 5.41) is 20.5. The molecule has 0 aromatic heterocycles. The van der Waals surface area contributed by atoms with Gasteiger partial charge in [-0.3, -0.25) is 4.79 Å². The average Bonchev–Trinajstić information content (AvgIpc) is 3.11. The molecule has 0 bridgehead atoms. The zero-order valence-electron chi connectivity index (χ0n) is 16.8. The predicted molar refractivity (Wildman–Crippen MR) is 111 cm³/mol. The number of aliphatic hydroxyl groups is 2. The Kier molecular flexibility index (Phi) is 6.30. The largest absolute Gasteiger partial charge is 0.486 e. The van der Waals surface area contributed by atoms with Crippen LogP contribution < -0.4 is 4.74 Å². The van der Waals surface area contributed by atoms with Crippen molar-refractivity contribution in [3.63, 3.8) is 0 Å². The summed E-state index contributed by atoms with van der Waals surface area (Å²) in [4.78, 5) is 17.4. The van der Waals surface area contributed by atoms with E-state index >= 15 is 0 Å². The molecule has 2 aromatic rings. The lowest BCUT2D eigenvalue weighted by molar-refractivity contribution is -0.0641. The number of β-amino-alcohol motifs (C(OH)–C–C–N with tert-alkyl or cyclic N) is 1. The van der Waals surface area contributed by atoms with Gasteiger partial charge in [0.05, 0.1) is 31.2 Å². The van der Waals surface area contributed by atoms with Crippen molar-refractivity contribution in [1.29, 1.82) is 0 Å². The molecule has 11 heteroatoms. The lowest BCUT2D eigenvalue weighted by Crippen LogP contribution is -2.48. The van der Waals surface area contributed by atoms with Crippen LogP contribution in [0.5, 0.6) is 5.75 Å². The Morgan fingerprint density at radius 2 is 1.94 bits per heavy atom. The number of aliphatic hydroxyl groups excluding tert-OH is 1. The molecule has 0 unspecified atom stereocenters. The van der Waals surface area contributed by atoms with Crippen LogP contribution in [0.4, 0.5) is 15.8 Å². The van der Waals surface area contributed by atoms with Crippen molar-refractivity contribution in [3.8, 4) is 5.75 Å². The summed E-state index contributed by atoms with van der Waals surface area (Å²) >= 11 is 0. The fourth-order valence-electron chi connectivity index (χ4n) is 3.31. The maximum absolute atomic E-state index is 13.9. The lowest BCUT2D eigenvalue weighted by atomic mass is 10.0. The second kappa shape index (κ2) is 8.65. The predicted octanol–water partition coefficient (Wildman–Crippen LogP) is 2.31. The fraction of sp³-hybridized carbons (Fsp3) is 0.286. The number of ketones is 1. The molecule has 3 rings (SSSR count). The van der Waals surface area contributed by atoms with Gasteiger partial charge in [-0.15, -0.1) is 0 Å². The van der Waals surface area contributed by atoms with Crippen molar-refractivity contribution < 1.29 is 32.6 Å². The van der Waals surface area contributed by atoms with Crippen LogP contribution in [0.3, 0.4) is 0 Å². The minimum Gasteiger partial charge on any atom is -0.486 e. The van der Waals surface area contributed by atoms with Crippen molar-refractivity contribution >= 4 is 27.2 Å². The Morgan fingerprint density at radius 3 is 2.50 bits per heavy atom. The molecule has 1 aliphatic heterocycles. The number of halogens is 1. The third-order valence-electron chi connectivity index (χ3n) is 5.11. The molecule has 1 saturated heterocycles. The molecular formula is C21H18FN3O6S. The highest BCUT2D eigenvalue weighted by Gasteiger charge is 2.51. The van der Waals surface area contributed by atoms with Gasteiger partial charge in [0.15, 0.2) is 5.78 Å². The first-order valence-corrected chi connectivity index (χ1v) is 10.7. The highest BCUT2D eigenvalue weighted by molar-refractivity contribution is 7.89. The lowest BCUT2D eigenvalue weighted by Gasteiger charge is -2.27. The van der Waals surface area contributed by atoms with Gasteiger partial charge in [0.25, 0.3) is 0 Å². The topological polar surface area (TPSA) is 113 Å². The van der Waals surface area contributed by atoms with Gasteiger partial charge in [0.2, 0.25) is 21.4 Å². The van der Waals surface area contributed by atoms with Crippen LogP contribution in [-0.4, -0.2) is 60.1 Å². The Labute approximate surface area is 184 Å². The van der Waals surface area contributed by atoms with E-state index in [9.17, 15) is 27.8 Å². The molecule has 2 N–H and O–H groups in total. The summed E-state index contributed by atoms with van der Waals surface area (Å²) in [5.74, 6) is -1.24. The van der Waals surface area contributed by atoms with Crippen molar-refractivity contribution in [2.24, 2.45) is 0 Å². The second-order valence-corrected chi connectivity index (χ2v) is 9.15. The van der Waals surface area contributed by atoms with Crippen LogP contribution >= 0.6 is 0 Å². The third-order valence-corrected chi connectivity index (χ3v) is 6.97. The van der Waals surface area contributed by atoms with E-state index in [1.54, 1.807) is 0 Å². The minimum absolute atomic E-state index is 0.0568. The van der Waals surface area contributed by atoms with Crippen molar-refractivity contribution in [3.05, 3.63) is 70.6 Å². The van der Waals surface area contributed by atoms with Crippen molar-refractivity contribution in [1.82, 2.24) is 4.31 Å². The summed E-state index contributed by atoms with van der Waals surface area (Å²) in [6.45, 7) is 13.7. The summed E-state index contributed by atoms with van der Waals surface area (Å²) in [6, 6.07) is 7.00. The standard InChI is InChI=1S/C21H18FN3O6S/c1-13(27)14-4-7-19(18(8-14)24-3)32(29,30)25-10-20(21(28,11-25)12-26)31-15-5-6-17(23-2)16(22)9-15/h4-9,20,26,28H,10-12H2,1H3/t20-,21+/m0/s1. The molecule has 0 amide bonds. The van der Waals surface area contributed by atoms with Gasteiger partial charge in [-0.25, -0.2) is 22.5 Å². The van der Waals surface area contributed by atoms with E-state index in [2.05, 4.69) is 9.69 Å². The van der Waals surface area contributed by atoms with E-state index in [1.165, 1.54) is 31.2 Å². The van der Waals surface area contributed by atoms with E-state index in [0.29, 0.717) is 0 Å². The molecular weight excluding hydrogens is 441 g/mol. The van der Waals surface area contributed by atoms with Gasteiger partial charge >= 0.3 is 0 Å². The number of sulfonamides is 1. The molecule has 0 spiro atoms. The molecule has 9 nitrogen and oxygen atoms in total. The number of benzene rings is 2. The van der Waals surface area contributed by atoms with E-state index in [1.807, 2.05) is 0 Å². The highest BCUT2D eigenvalue weighted by atomic mass is 32.2. The molecule has 1 fully saturated rings. The Bertz CT molecular complexity index is 1270. The zero-order chi connectivity index (χ0) is 23.7. The SMILES string of the molecule is [C-]#[N+]c1ccc(O[C@H]2CN(S(=O)(=O)c3ccc(C(C)=O)cc3[N+]#[C-])C[C@@]2(O)CO)cc1F. The zero-order valence-corrected chi connectivity index (χ0v) is 17.6. The van der Waals surface area contributed by atoms with Crippen LogP contribution in [0.15, 0.2) is 41.3 Å². The number of carbonyl (C=O) groups excluding carboxylic acids is 1. The number of Topliss-reactive ketones (excluding diaryl/α,β-unsaturated/α-hetero) is 1. The maximum atomic E-state index is 13.9. The third kappa shape index (κ3) is 4.20. The summed E-state index contributed by atoms with van der Waals surface area (Å²) in [7, 11) is -4.31. The van der Waals surface area contributed by atoms with Crippen LogP contribution in [-0.2, 0) is 10.0 Å². The quantitative estimate of drug-likeness (QED) is 0.506. The molecule has 0 radical (unpaired) electrons. The Hall–Kier alpha value is -3.35. The van der Waals surface area contributed by atoms with Gasteiger partial charge in [-0.1, -0.05) is 12.1 Å². The monoisotopic (exact) mass is 459 g/mol. The number of carbonyl (C=O) groups is 1. The molecule has 0 saturated carbocycles. The van der Waals surface area contributed by atoms with Gasteiger partial charge in [-0.2, -0.15) is 4.31 Å². The maximum Gasteiger partial charge on any atom is 0.233 e. The number of hydrogen-bond acceptors (Lipinski definition) is 6. The second-order valence-electron chi connectivity index (χ2n) is 7.24. The average molecular weight is 459 g/mol. The number of nitrogens with zero attached hydrogens (tertiary/aromatic N) is 3. The van der Waals surface area contributed by atoms with E-state index in [-0.39, 0.29) is 33.4 Å². The molecule has 1 aliphatic rings. The smallest absolute Gasteiger partial charge is 0.233 e. The van der Waals surface area contributed by atoms with Gasteiger partial charge in [-0.05, 0) is 25.1 Å². The van der Waals surface area contributed by atoms with Crippen LogP contribution in [0.1, 0.15) is 17.3 Å². The van der Waals surface area contributed by atoms with Gasteiger partial charge < -0.3 is 14.9 Å². The normalized spacial score (nSPS) is 21.0. The minimum atomic E-state index is -4.31. The van der Waals surface area contributed by atoms with Gasteiger partial charge in [0.1, 0.15) is 23.3 Å². The first-order valence-electron chi connectivity index (χ1n) is 9.25. The number of rotatable bonds is 6. The van der Waals surface area contributed by atoms with Crippen molar-refractivity contribution in [2.75, 3.05) is 19.7 Å². The molecule has 166 valence electrons. The molecule has 2 aromatic carbocycles. The Balaban J connectivity index is 1.93. The highest BCUT2D eigenvalue weighted by Crippen LogP contribution is 2.35. The molecule has 32 heavy (non-hydrogen) atoms. The van der Waals surface area contributed by atoms with E-state index < -0.39 is 47.2 Å². The first-order chi connectivity index (χ1) is 15.1. The number of hydrogen-bond donors (Lipinski definition) is 2. The van der Waals surface area contributed by atoms with Crippen molar-refractivity contribution in [2.45, 2.75) is 23.5 Å². The summed E-state index contributed by atoms with van der Waals surface area (Å²) in [6.07, 6.45) is -1.26. The van der Waals surface area contributed by atoms with E-state index in [0.717, 1.165) is 16.4 Å². The first kappa shape index (κ1) is 23.3. The molecule has 0 aliphatic carbocycles. The van der Waals surface area contributed by atoms with Crippen LogP contribution in [0, 0.1) is 19.0 Å². The summed E-state index contributed by atoms with van der Waals surface area (Å²) in [5.41, 5.74) is -2.31. The fourth-order valence-corrected chi connectivity index (χ4v) is 4.92. The molecule has 1 heterocycles. The number of ether oxygens (including phenoxy) is 1. The van der Waals surface area contributed by atoms with E-state index in [4.69, 9.17) is 17.9 Å². The molecule has 2 atom stereocenters. The van der Waals surface area contributed by atoms with Crippen LogP contribution in [0.25, 0.3) is 9.69 Å². The van der Waals surface area contributed by atoms with Crippen LogP contribution in [0.2, 0.25) is 0 Å². The Morgan fingerprint density at radius 1 is 1.25 bits per heavy atom. The summed E-state index contributed by atoms with van der Waals surface area (Å²) < 4.78 is 46.7. The van der Waals surface area contributed by atoms with Gasteiger partial charge in [0, 0.05) is 18.2 Å².